The van der Waals surface area contributed by atoms with Gasteiger partial charge in [-0.2, -0.15) is 5.10 Å². The molecule has 0 radical (unpaired) electrons. The van der Waals surface area contributed by atoms with Gasteiger partial charge in [0, 0.05) is 25.3 Å². The second kappa shape index (κ2) is 7.98. The summed E-state index contributed by atoms with van der Waals surface area (Å²) in [6, 6.07) is 8.62. The van der Waals surface area contributed by atoms with Gasteiger partial charge in [0.15, 0.2) is 5.11 Å². The van der Waals surface area contributed by atoms with Crippen molar-refractivity contribution >= 4 is 28.7 Å². The fourth-order valence-corrected chi connectivity index (χ4v) is 2.65. The molecule has 5 heteroatoms. The Bertz CT molecular complexity index is 490. The second-order valence-electron chi connectivity index (χ2n) is 5.26. The largest absolute Gasteiger partial charge is 0.372 e. The van der Waals surface area contributed by atoms with Crippen molar-refractivity contribution in [3.05, 3.63) is 29.8 Å². The Morgan fingerprint density at radius 1 is 1.19 bits per heavy atom. The van der Waals surface area contributed by atoms with Gasteiger partial charge < -0.3 is 10.2 Å². The third-order valence-electron chi connectivity index (χ3n) is 3.67. The Morgan fingerprint density at radius 2 is 1.86 bits per heavy atom. The van der Waals surface area contributed by atoms with E-state index in [0.29, 0.717) is 5.11 Å². The molecule has 1 fully saturated rings. The van der Waals surface area contributed by atoms with Crippen molar-refractivity contribution in [2.45, 2.75) is 33.1 Å². The summed E-state index contributed by atoms with van der Waals surface area (Å²) in [7, 11) is 0. The summed E-state index contributed by atoms with van der Waals surface area (Å²) in [6.45, 7) is 7.13. The normalized spacial score (nSPS) is 15.7. The molecule has 4 nitrogen and oxygen atoms in total. The molecule has 1 aromatic carbocycles. The van der Waals surface area contributed by atoms with E-state index < -0.39 is 0 Å². The van der Waals surface area contributed by atoms with Crippen molar-refractivity contribution in [1.82, 2.24) is 10.7 Å². The zero-order valence-corrected chi connectivity index (χ0v) is 13.7. The van der Waals surface area contributed by atoms with Gasteiger partial charge in [-0.05, 0) is 63.0 Å². The maximum Gasteiger partial charge on any atom is 0.186 e. The molecule has 0 spiro atoms. The number of rotatable bonds is 4. The topological polar surface area (TPSA) is 39.7 Å². The highest BCUT2D eigenvalue weighted by atomic mass is 32.1. The quantitative estimate of drug-likeness (QED) is 0.510. The highest BCUT2D eigenvalue weighted by Crippen LogP contribution is 2.20. The second-order valence-corrected chi connectivity index (χ2v) is 5.67. The summed E-state index contributed by atoms with van der Waals surface area (Å²) in [5.74, 6) is 0. The van der Waals surface area contributed by atoms with Crippen LogP contribution < -0.4 is 15.6 Å². The molecule has 1 aliphatic heterocycles. The molecule has 2 rings (SSSR count). The fraction of sp³-hybridized carbons (Fsp3) is 0.500. The van der Waals surface area contributed by atoms with Gasteiger partial charge in [0.05, 0.1) is 5.71 Å². The molecule has 0 atom stereocenters. The van der Waals surface area contributed by atoms with Crippen LogP contribution in [0.1, 0.15) is 38.7 Å². The van der Waals surface area contributed by atoms with Crippen LogP contribution in [0.25, 0.3) is 0 Å². The van der Waals surface area contributed by atoms with Crippen LogP contribution in [-0.4, -0.2) is 30.5 Å². The van der Waals surface area contributed by atoms with Gasteiger partial charge in [-0.25, -0.2) is 0 Å². The average Bonchev–Trinajstić information content (AvgIpc) is 2.54. The van der Waals surface area contributed by atoms with Gasteiger partial charge in [-0.3, -0.25) is 5.43 Å². The molecule has 0 aromatic heterocycles. The Hall–Kier alpha value is -1.62. The molecule has 21 heavy (non-hydrogen) atoms. The van der Waals surface area contributed by atoms with E-state index in [0.717, 1.165) is 17.8 Å². The Balaban J connectivity index is 1.97. The lowest BCUT2D eigenvalue weighted by molar-refractivity contribution is 0.578. The summed E-state index contributed by atoms with van der Waals surface area (Å²) in [6.07, 6.45) is 3.96. The van der Waals surface area contributed by atoms with E-state index in [1.807, 2.05) is 13.8 Å². The third-order valence-corrected chi connectivity index (χ3v) is 3.90. The molecular formula is C16H24N4S. The number of benzene rings is 1. The molecule has 0 amide bonds. The number of piperidine rings is 1. The lowest BCUT2D eigenvalue weighted by Crippen LogP contribution is -2.32. The van der Waals surface area contributed by atoms with Crippen LogP contribution in [0.15, 0.2) is 29.4 Å². The van der Waals surface area contributed by atoms with E-state index in [2.05, 4.69) is 45.0 Å². The Kier molecular flexibility index (Phi) is 5.99. The zero-order chi connectivity index (χ0) is 15.1. The van der Waals surface area contributed by atoms with Gasteiger partial charge in [-0.15, -0.1) is 0 Å². The molecule has 1 saturated heterocycles. The van der Waals surface area contributed by atoms with E-state index >= 15 is 0 Å². The van der Waals surface area contributed by atoms with Crippen molar-refractivity contribution in [2.75, 3.05) is 24.5 Å². The van der Waals surface area contributed by atoms with E-state index in [1.54, 1.807) is 0 Å². The summed E-state index contributed by atoms with van der Waals surface area (Å²) >= 11 is 5.09. The van der Waals surface area contributed by atoms with Crippen LogP contribution in [-0.2, 0) is 0 Å². The molecule has 0 unspecified atom stereocenters. The van der Waals surface area contributed by atoms with Crippen molar-refractivity contribution in [3.8, 4) is 0 Å². The van der Waals surface area contributed by atoms with E-state index in [-0.39, 0.29) is 0 Å². The van der Waals surface area contributed by atoms with Crippen molar-refractivity contribution < 1.29 is 0 Å². The minimum absolute atomic E-state index is 0.557. The van der Waals surface area contributed by atoms with Crippen LogP contribution in [0.5, 0.6) is 0 Å². The molecule has 1 aromatic rings. The predicted molar refractivity (Wildman–Crippen MR) is 94.1 cm³/mol. The SMILES string of the molecule is CCNC(=S)N/N=C(/C)c1ccc(N2CCCCC2)cc1. The maximum absolute atomic E-state index is 5.09. The average molecular weight is 304 g/mol. The number of hydrogen-bond acceptors (Lipinski definition) is 3. The van der Waals surface area contributed by atoms with Gasteiger partial charge in [0.2, 0.25) is 0 Å². The third kappa shape index (κ3) is 4.70. The zero-order valence-electron chi connectivity index (χ0n) is 12.9. The first-order valence-electron chi connectivity index (χ1n) is 7.64. The lowest BCUT2D eigenvalue weighted by Gasteiger charge is -2.28. The molecule has 1 heterocycles. The first kappa shape index (κ1) is 15.8. The summed E-state index contributed by atoms with van der Waals surface area (Å²) < 4.78 is 0. The van der Waals surface area contributed by atoms with Crippen molar-refractivity contribution in [3.63, 3.8) is 0 Å². The minimum Gasteiger partial charge on any atom is -0.372 e. The van der Waals surface area contributed by atoms with Gasteiger partial charge >= 0.3 is 0 Å². The van der Waals surface area contributed by atoms with E-state index in [4.69, 9.17) is 12.2 Å². The summed E-state index contributed by atoms with van der Waals surface area (Å²) in [5.41, 5.74) is 6.21. The van der Waals surface area contributed by atoms with Crippen LogP contribution in [0.4, 0.5) is 5.69 Å². The van der Waals surface area contributed by atoms with Crippen molar-refractivity contribution in [1.29, 1.82) is 0 Å². The molecule has 0 bridgehead atoms. The number of nitrogens with one attached hydrogen (secondary N) is 2. The highest BCUT2D eigenvalue weighted by molar-refractivity contribution is 7.80. The van der Waals surface area contributed by atoms with Crippen LogP contribution in [0, 0.1) is 0 Å². The van der Waals surface area contributed by atoms with Crippen LogP contribution >= 0.6 is 12.2 Å². The molecule has 2 N–H and O–H groups in total. The van der Waals surface area contributed by atoms with Crippen LogP contribution in [0.3, 0.4) is 0 Å². The van der Waals surface area contributed by atoms with Gasteiger partial charge in [0.1, 0.15) is 0 Å². The predicted octanol–water partition coefficient (Wildman–Crippen LogP) is 2.88. The Labute approximate surface area is 132 Å². The van der Waals surface area contributed by atoms with Gasteiger partial charge in [0.25, 0.3) is 0 Å². The smallest absolute Gasteiger partial charge is 0.186 e. The highest BCUT2D eigenvalue weighted by Gasteiger charge is 2.10. The molecule has 0 saturated carbocycles. The molecular weight excluding hydrogens is 280 g/mol. The number of thiocarbonyl (C=S) groups is 1. The van der Waals surface area contributed by atoms with E-state index in [1.165, 1.54) is 38.0 Å². The van der Waals surface area contributed by atoms with Crippen LogP contribution in [0.2, 0.25) is 0 Å². The monoisotopic (exact) mass is 304 g/mol. The molecule has 0 aliphatic carbocycles. The van der Waals surface area contributed by atoms with Gasteiger partial charge in [-0.1, -0.05) is 12.1 Å². The number of anilines is 1. The lowest BCUT2D eigenvalue weighted by atomic mass is 10.1. The first-order valence-corrected chi connectivity index (χ1v) is 8.05. The summed E-state index contributed by atoms with van der Waals surface area (Å²) in [5, 5.41) is 7.87. The maximum atomic E-state index is 5.09. The molecule has 114 valence electrons. The number of nitrogens with zero attached hydrogens (tertiary/aromatic N) is 2. The van der Waals surface area contributed by atoms with E-state index in [9.17, 15) is 0 Å². The number of hydrogen-bond donors (Lipinski definition) is 2. The fourth-order valence-electron chi connectivity index (χ4n) is 2.46. The Morgan fingerprint density at radius 3 is 2.48 bits per heavy atom. The summed E-state index contributed by atoms with van der Waals surface area (Å²) in [4.78, 5) is 2.46. The van der Waals surface area contributed by atoms with Crippen molar-refractivity contribution in [2.24, 2.45) is 5.10 Å². The first-order chi connectivity index (χ1) is 10.2. The minimum atomic E-state index is 0.557. The number of hydrazone groups is 1. The standard InChI is InChI=1S/C16H24N4S/c1-3-17-16(21)19-18-13(2)14-7-9-15(10-8-14)20-11-5-4-6-12-20/h7-10H,3-6,11-12H2,1-2H3,(H2,17,19,21)/b18-13-. The molecule has 1 aliphatic rings.